The number of pyridine rings is 3. The summed E-state index contributed by atoms with van der Waals surface area (Å²) in [5.74, 6) is 0.848. The van der Waals surface area contributed by atoms with Gasteiger partial charge in [-0.05, 0) is 53.8 Å². The van der Waals surface area contributed by atoms with Crippen molar-refractivity contribution in [3.63, 3.8) is 0 Å². The standard InChI is InChI=1S/C22H15N3O/c1-14-16(8-11-26-14)21-12-20(19-6-3-9-24-22(19)25-21)18-5-2-4-15-13-23-10-7-17(15)18/h2-13H,1H3. The predicted octanol–water partition coefficient (Wildman–Crippen LogP) is 5.41. The van der Waals surface area contributed by atoms with Crippen LogP contribution >= 0.6 is 0 Å². The van der Waals surface area contributed by atoms with Gasteiger partial charge < -0.3 is 4.42 Å². The maximum atomic E-state index is 5.48. The van der Waals surface area contributed by atoms with Gasteiger partial charge in [0.1, 0.15) is 5.76 Å². The second kappa shape index (κ2) is 5.77. The van der Waals surface area contributed by atoms with E-state index in [4.69, 9.17) is 9.40 Å². The van der Waals surface area contributed by atoms with Crippen LogP contribution in [-0.4, -0.2) is 15.0 Å². The van der Waals surface area contributed by atoms with Crippen molar-refractivity contribution in [2.75, 3.05) is 0 Å². The van der Waals surface area contributed by atoms with Crippen molar-refractivity contribution in [2.24, 2.45) is 0 Å². The first kappa shape index (κ1) is 14.8. The lowest BCUT2D eigenvalue weighted by atomic mass is 9.96. The Labute approximate surface area is 150 Å². The summed E-state index contributed by atoms with van der Waals surface area (Å²) in [6, 6.07) is 16.4. The van der Waals surface area contributed by atoms with Gasteiger partial charge in [0, 0.05) is 34.9 Å². The number of aromatic nitrogens is 3. The Morgan fingerprint density at radius 2 is 1.81 bits per heavy atom. The van der Waals surface area contributed by atoms with Gasteiger partial charge in [-0.25, -0.2) is 9.97 Å². The molecule has 5 rings (SSSR count). The first-order chi connectivity index (χ1) is 12.8. The number of benzene rings is 1. The van der Waals surface area contributed by atoms with Crippen LogP contribution in [0.15, 0.2) is 77.8 Å². The smallest absolute Gasteiger partial charge is 0.160 e. The first-order valence-electron chi connectivity index (χ1n) is 8.44. The second-order valence-corrected chi connectivity index (χ2v) is 6.22. The summed E-state index contributed by atoms with van der Waals surface area (Å²) in [5.41, 5.74) is 4.83. The van der Waals surface area contributed by atoms with E-state index in [2.05, 4.69) is 46.4 Å². The summed E-state index contributed by atoms with van der Waals surface area (Å²) in [7, 11) is 0. The highest BCUT2D eigenvalue weighted by Gasteiger charge is 2.14. The third kappa shape index (κ3) is 2.27. The molecule has 0 aliphatic rings. The zero-order chi connectivity index (χ0) is 17.5. The van der Waals surface area contributed by atoms with E-state index in [1.807, 2.05) is 31.5 Å². The van der Waals surface area contributed by atoms with Crippen molar-refractivity contribution < 1.29 is 4.42 Å². The van der Waals surface area contributed by atoms with Crippen LogP contribution in [0.4, 0.5) is 0 Å². The number of hydrogen-bond acceptors (Lipinski definition) is 4. The van der Waals surface area contributed by atoms with Gasteiger partial charge in [-0.15, -0.1) is 0 Å². The zero-order valence-corrected chi connectivity index (χ0v) is 14.2. The summed E-state index contributed by atoms with van der Waals surface area (Å²) in [5, 5.41) is 3.30. The van der Waals surface area contributed by atoms with Crippen LogP contribution in [0.25, 0.3) is 44.2 Å². The number of hydrogen-bond donors (Lipinski definition) is 0. The monoisotopic (exact) mass is 337 g/mol. The van der Waals surface area contributed by atoms with Crippen molar-refractivity contribution in [2.45, 2.75) is 6.92 Å². The highest BCUT2D eigenvalue weighted by molar-refractivity contribution is 6.04. The van der Waals surface area contributed by atoms with Crippen LogP contribution in [-0.2, 0) is 0 Å². The Kier molecular flexibility index (Phi) is 3.28. The molecule has 1 aromatic carbocycles. The van der Waals surface area contributed by atoms with E-state index < -0.39 is 0 Å². The lowest BCUT2D eigenvalue weighted by Gasteiger charge is -2.11. The van der Waals surface area contributed by atoms with Crippen LogP contribution in [0.1, 0.15) is 5.76 Å². The van der Waals surface area contributed by atoms with E-state index in [-0.39, 0.29) is 0 Å². The fraction of sp³-hybridized carbons (Fsp3) is 0.0455. The minimum Gasteiger partial charge on any atom is -0.469 e. The van der Waals surface area contributed by atoms with Crippen LogP contribution in [0.5, 0.6) is 0 Å². The zero-order valence-electron chi connectivity index (χ0n) is 14.2. The normalized spacial score (nSPS) is 11.3. The Bertz CT molecular complexity index is 1250. The molecule has 0 unspecified atom stereocenters. The Balaban J connectivity index is 1.88. The topological polar surface area (TPSA) is 51.8 Å². The Morgan fingerprint density at radius 3 is 2.69 bits per heavy atom. The van der Waals surface area contributed by atoms with Crippen molar-refractivity contribution in [3.8, 4) is 22.4 Å². The predicted molar refractivity (Wildman–Crippen MR) is 103 cm³/mol. The van der Waals surface area contributed by atoms with Gasteiger partial charge in [-0.2, -0.15) is 0 Å². The highest BCUT2D eigenvalue weighted by atomic mass is 16.3. The van der Waals surface area contributed by atoms with Crippen molar-refractivity contribution in [3.05, 3.63) is 79.1 Å². The van der Waals surface area contributed by atoms with E-state index >= 15 is 0 Å². The Morgan fingerprint density at radius 1 is 0.846 bits per heavy atom. The highest BCUT2D eigenvalue weighted by Crippen LogP contribution is 2.35. The van der Waals surface area contributed by atoms with Crippen LogP contribution in [0, 0.1) is 6.92 Å². The van der Waals surface area contributed by atoms with Crippen LogP contribution < -0.4 is 0 Å². The minimum absolute atomic E-state index is 0.728. The van der Waals surface area contributed by atoms with Gasteiger partial charge in [0.2, 0.25) is 0 Å². The van der Waals surface area contributed by atoms with Crippen molar-refractivity contribution in [1.82, 2.24) is 15.0 Å². The summed E-state index contributed by atoms with van der Waals surface area (Å²) in [6.07, 6.45) is 7.19. The molecule has 0 aliphatic carbocycles. The molecule has 4 nitrogen and oxygen atoms in total. The number of aryl methyl sites for hydroxylation is 1. The minimum atomic E-state index is 0.728. The fourth-order valence-corrected chi connectivity index (χ4v) is 3.43. The molecule has 0 N–H and O–H groups in total. The van der Waals surface area contributed by atoms with Gasteiger partial charge in [0.05, 0.1) is 12.0 Å². The molecular weight excluding hydrogens is 322 g/mol. The van der Waals surface area contributed by atoms with Crippen LogP contribution in [0.3, 0.4) is 0 Å². The number of rotatable bonds is 2. The van der Waals surface area contributed by atoms with Crippen molar-refractivity contribution >= 4 is 21.8 Å². The number of nitrogens with zero attached hydrogens (tertiary/aromatic N) is 3. The summed E-state index contributed by atoms with van der Waals surface area (Å²) in [4.78, 5) is 13.5. The van der Waals surface area contributed by atoms with Crippen molar-refractivity contribution in [1.29, 1.82) is 0 Å². The van der Waals surface area contributed by atoms with E-state index in [1.54, 1.807) is 12.5 Å². The summed E-state index contributed by atoms with van der Waals surface area (Å²) < 4.78 is 5.48. The molecule has 4 heterocycles. The average Bonchev–Trinajstić information content (AvgIpc) is 3.12. The maximum absolute atomic E-state index is 5.48. The fourth-order valence-electron chi connectivity index (χ4n) is 3.43. The molecule has 124 valence electrons. The molecule has 4 aromatic heterocycles. The van der Waals surface area contributed by atoms with E-state index in [0.29, 0.717) is 0 Å². The van der Waals surface area contributed by atoms with E-state index in [9.17, 15) is 0 Å². The molecule has 4 heteroatoms. The molecule has 0 fully saturated rings. The number of fused-ring (bicyclic) bond motifs is 2. The van der Waals surface area contributed by atoms with Crippen LogP contribution in [0.2, 0.25) is 0 Å². The van der Waals surface area contributed by atoms with Gasteiger partial charge in [-0.3, -0.25) is 4.98 Å². The molecule has 0 spiro atoms. The van der Waals surface area contributed by atoms with E-state index in [0.717, 1.165) is 50.0 Å². The third-order valence-electron chi connectivity index (χ3n) is 4.69. The average molecular weight is 337 g/mol. The second-order valence-electron chi connectivity index (χ2n) is 6.22. The molecule has 0 saturated heterocycles. The van der Waals surface area contributed by atoms with Gasteiger partial charge >= 0.3 is 0 Å². The summed E-state index contributed by atoms with van der Waals surface area (Å²) >= 11 is 0. The largest absolute Gasteiger partial charge is 0.469 e. The maximum Gasteiger partial charge on any atom is 0.160 e. The van der Waals surface area contributed by atoms with Gasteiger partial charge in [0.25, 0.3) is 0 Å². The Hall–Kier alpha value is -3.53. The molecule has 0 atom stereocenters. The van der Waals surface area contributed by atoms with Gasteiger partial charge in [-0.1, -0.05) is 18.2 Å². The number of furan rings is 1. The summed E-state index contributed by atoms with van der Waals surface area (Å²) in [6.45, 7) is 1.95. The quantitative estimate of drug-likeness (QED) is 0.432. The molecule has 5 aromatic rings. The molecule has 0 radical (unpaired) electrons. The van der Waals surface area contributed by atoms with Gasteiger partial charge in [0.15, 0.2) is 5.65 Å². The lowest BCUT2D eigenvalue weighted by Crippen LogP contribution is -1.92. The molecule has 26 heavy (non-hydrogen) atoms. The lowest BCUT2D eigenvalue weighted by molar-refractivity contribution is 0.535. The third-order valence-corrected chi connectivity index (χ3v) is 4.69. The molecular formula is C22H15N3O. The SMILES string of the molecule is Cc1occc1-c1cc(-c2cccc3cnccc23)c2cccnc2n1. The molecule has 0 bridgehead atoms. The van der Waals surface area contributed by atoms with E-state index in [1.165, 1.54) is 0 Å². The molecule has 0 amide bonds. The first-order valence-corrected chi connectivity index (χ1v) is 8.44. The molecule has 0 aliphatic heterocycles. The molecule has 0 saturated carbocycles.